The number of benzene rings is 2. The number of nitro benzene ring substituents is 1. The maximum atomic E-state index is 13.2. The number of carbonyl (C=O) groups is 1. The molecule has 0 radical (unpaired) electrons. The third kappa shape index (κ3) is 4.80. The molecule has 0 aliphatic rings. The number of non-ortho nitro benzene ring substituents is 1. The number of fused-ring (bicyclic) bond motifs is 1. The molecule has 0 bridgehead atoms. The van der Waals surface area contributed by atoms with Crippen molar-refractivity contribution in [2.45, 2.75) is 18.1 Å². The molecule has 150 valence electrons. The van der Waals surface area contributed by atoms with Crippen LogP contribution in [0.1, 0.15) is 11.4 Å². The van der Waals surface area contributed by atoms with Gasteiger partial charge in [0, 0.05) is 17.5 Å². The zero-order valence-corrected chi connectivity index (χ0v) is 15.7. The van der Waals surface area contributed by atoms with E-state index in [-0.39, 0.29) is 5.75 Å². The molecule has 3 rings (SSSR count). The summed E-state index contributed by atoms with van der Waals surface area (Å²) in [6.45, 7) is 1.70. The van der Waals surface area contributed by atoms with E-state index in [0.29, 0.717) is 22.4 Å². The topological polar surface area (TPSA) is 98.0 Å². The first-order valence-electron chi connectivity index (χ1n) is 8.17. The Kier molecular flexibility index (Phi) is 5.69. The first-order chi connectivity index (χ1) is 13.6. The molecule has 2 aromatic carbocycles. The van der Waals surface area contributed by atoms with Crippen LogP contribution in [0.15, 0.2) is 47.5 Å². The molecule has 0 spiro atoms. The van der Waals surface area contributed by atoms with Gasteiger partial charge in [-0.3, -0.25) is 14.9 Å². The number of hydrogen-bond donors (Lipinski definition) is 1. The van der Waals surface area contributed by atoms with Gasteiger partial charge in [-0.05, 0) is 19.1 Å². The highest BCUT2D eigenvalue weighted by Gasteiger charge is 2.35. The number of aromatic nitrogens is 2. The summed E-state index contributed by atoms with van der Waals surface area (Å²) in [6.07, 6.45) is -4.86. The van der Waals surface area contributed by atoms with Crippen molar-refractivity contribution in [3.8, 4) is 0 Å². The predicted octanol–water partition coefficient (Wildman–Crippen LogP) is 4.60. The molecule has 1 N–H and O–H groups in total. The van der Waals surface area contributed by atoms with Gasteiger partial charge in [0.1, 0.15) is 10.9 Å². The molecule has 29 heavy (non-hydrogen) atoms. The van der Waals surface area contributed by atoms with E-state index in [1.165, 1.54) is 0 Å². The summed E-state index contributed by atoms with van der Waals surface area (Å²) in [4.78, 5) is 30.6. The lowest BCUT2D eigenvalue weighted by atomic mass is 10.1. The standard InChI is InChI=1S/C18H13F3N4O3S/c1-10-22-14-5-3-2-4-12(14)17(23-10)29-9-16(26)24-15-7-6-11(25(27)28)8-13(15)18(19,20)21/h2-8H,9H2,1H3,(H,24,26). The van der Waals surface area contributed by atoms with Crippen molar-refractivity contribution in [3.05, 3.63) is 64.0 Å². The van der Waals surface area contributed by atoms with E-state index < -0.39 is 33.9 Å². The Labute approximate surface area is 166 Å². The van der Waals surface area contributed by atoms with Crippen LogP contribution in [0.3, 0.4) is 0 Å². The minimum atomic E-state index is -4.86. The van der Waals surface area contributed by atoms with Gasteiger partial charge in [0.25, 0.3) is 5.69 Å². The van der Waals surface area contributed by atoms with Crippen molar-refractivity contribution in [1.29, 1.82) is 0 Å². The largest absolute Gasteiger partial charge is 0.418 e. The van der Waals surface area contributed by atoms with Crippen LogP contribution in [0.25, 0.3) is 10.9 Å². The highest BCUT2D eigenvalue weighted by Crippen LogP contribution is 2.37. The van der Waals surface area contributed by atoms with Crippen molar-refractivity contribution < 1.29 is 22.9 Å². The molecule has 1 heterocycles. The van der Waals surface area contributed by atoms with Crippen LogP contribution in [-0.4, -0.2) is 26.6 Å². The molecular weight excluding hydrogens is 409 g/mol. The van der Waals surface area contributed by atoms with E-state index in [9.17, 15) is 28.1 Å². The first kappa shape index (κ1) is 20.5. The summed E-state index contributed by atoms with van der Waals surface area (Å²) >= 11 is 1.06. The molecule has 3 aromatic rings. The summed E-state index contributed by atoms with van der Waals surface area (Å²) in [5.74, 6) is -0.398. The second-order valence-electron chi connectivity index (χ2n) is 5.91. The van der Waals surface area contributed by atoms with Crippen LogP contribution < -0.4 is 5.32 Å². The van der Waals surface area contributed by atoms with Crippen LogP contribution in [0.2, 0.25) is 0 Å². The Bertz CT molecular complexity index is 1110. The molecular formula is C18H13F3N4O3S. The van der Waals surface area contributed by atoms with Crippen molar-refractivity contribution >= 4 is 39.9 Å². The molecule has 7 nitrogen and oxygen atoms in total. The third-order valence-corrected chi connectivity index (χ3v) is 4.80. The molecule has 0 unspecified atom stereocenters. The Morgan fingerprint density at radius 2 is 1.93 bits per heavy atom. The van der Waals surface area contributed by atoms with E-state index in [2.05, 4.69) is 15.3 Å². The Morgan fingerprint density at radius 3 is 2.62 bits per heavy atom. The number of nitrogens with zero attached hydrogens (tertiary/aromatic N) is 3. The summed E-state index contributed by atoms with van der Waals surface area (Å²) in [5, 5.41) is 14.2. The Balaban J connectivity index is 1.79. The number of thioether (sulfide) groups is 1. The second-order valence-corrected chi connectivity index (χ2v) is 6.88. The van der Waals surface area contributed by atoms with Crippen LogP contribution >= 0.6 is 11.8 Å². The number of nitrogens with one attached hydrogen (secondary N) is 1. The Morgan fingerprint density at radius 1 is 1.21 bits per heavy atom. The van der Waals surface area contributed by atoms with Gasteiger partial charge in [0.2, 0.25) is 5.91 Å². The van der Waals surface area contributed by atoms with Gasteiger partial charge in [-0.15, -0.1) is 0 Å². The normalized spacial score (nSPS) is 11.4. The molecule has 1 aromatic heterocycles. The minimum absolute atomic E-state index is 0.200. The second kappa shape index (κ2) is 8.03. The number of para-hydroxylation sites is 1. The summed E-state index contributed by atoms with van der Waals surface area (Å²) in [5.41, 5.74) is -1.85. The summed E-state index contributed by atoms with van der Waals surface area (Å²) in [7, 11) is 0. The predicted molar refractivity (Wildman–Crippen MR) is 102 cm³/mol. The SMILES string of the molecule is Cc1nc(SCC(=O)Nc2ccc([N+](=O)[O-])cc2C(F)(F)F)c2ccccc2n1. The highest BCUT2D eigenvalue weighted by atomic mass is 32.2. The first-order valence-corrected chi connectivity index (χ1v) is 9.15. The van der Waals surface area contributed by atoms with Crippen LogP contribution in [0.4, 0.5) is 24.5 Å². The number of anilines is 1. The van der Waals surface area contributed by atoms with Gasteiger partial charge in [0.05, 0.1) is 27.4 Å². The number of nitro groups is 1. The molecule has 0 saturated carbocycles. The maximum Gasteiger partial charge on any atom is 0.418 e. The molecule has 1 amide bonds. The lowest BCUT2D eigenvalue weighted by molar-refractivity contribution is -0.385. The number of rotatable bonds is 5. The average molecular weight is 422 g/mol. The van der Waals surface area contributed by atoms with E-state index in [1.54, 1.807) is 25.1 Å². The van der Waals surface area contributed by atoms with Crippen molar-refractivity contribution in [1.82, 2.24) is 9.97 Å². The summed E-state index contributed by atoms with van der Waals surface area (Å²) < 4.78 is 39.6. The number of carbonyl (C=O) groups excluding carboxylic acids is 1. The van der Waals surface area contributed by atoms with E-state index in [1.807, 2.05) is 6.07 Å². The fourth-order valence-electron chi connectivity index (χ4n) is 2.58. The molecule has 0 aliphatic carbocycles. The van der Waals surface area contributed by atoms with Crippen molar-refractivity contribution in [3.63, 3.8) is 0 Å². The van der Waals surface area contributed by atoms with Gasteiger partial charge >= 0.3 is 6.18 Å². The number of aryl methyl sites for hydroxylation is 1. The smallest absolute Gasteiger partial charge is 0.325 e. The lowest BCUT2D eigenvalue weighted by Crippen LogP contribution is -2.18. The van der Waals surface area contributed by atoms with Crippen LogP contribution in [0, 0.1) is 17.0 Å². The maximum absolute atomic E-state index is 13.2. The molecule has 0 aliphatic heterocycles. The zero-order chi connectivity index (χ0) is 21.2. The number of hydrogen-bond acceptors (Lipinski definition) is 6. The van der Waals surface area contributed by atoms with Gasteiger partial charge in [-0.25, -0.2) is 9.97 Å². The van der Waals surface area contributed by atoms with Gasteiger partial charge < -0.3 is 5.32 Å². The average Bonchev–Trinajstić information content (AvgIpc) is 2.65. The molecule has 0 saturated heterocycles. The molecule has 0 atom stereocenters. The lowest BCUT2D eigenvalue weighted by Gasteiger charge is -2.13. The number of amides is 1. The van der Waals surface area contributed by atoms with E-state index in [4.69, 9.17) is 0 Å². The third-order valence-electron chi connectivity index (χ3n) is 3.81. The fourth-order valence-corrected chi connectivity index (χ4v) is 3.44. The van der Waals surface area contributed by atoms with E-state index >= 15 is 0 Å². The number of halogens is 3. The van der Waals surface area contributed by atoms with Crippen molar-refractivity contribution in [2.24, 2.45) is 0 Å². The number of alkyl halides is 3. The quantitative estimate of drug-likeness (QED) is 0.279. The van der Waals surface area contributed by atoms with Gasteiger partial charge in [0.15, 0.2) is 0 Å². The van der Waals surface area contributed by atoms with Crippen LogP contribution in [-0.2, 0) is 11.0 Å². The summed E-state index contributed by atoms with van der Waals surface area (Å²) in [6, 6.07) is 9.34. The monoisotopic (exact) mass is 422 g/mol. The highest BCUT2D eigenvalue weighted by molar-refractivity contribution is 8.00. The van der Waals surface area contributed by atoms with Crippen LogP contribution in [0.5, 0.6) is 0 Å². The molecule has 0 fully saturated rings. The minimum Gasteiger partial charge on any atom is -0.325 e. The molecule has 11 heteroatoms. The Hall–Kier alpha value is -3.21. The van der Waals surface area contributed by atoms with Gasteiger partial charge in [-0.2, -0.15) is 13.2 Å². The van der Waals surface area contributed by atoms with Gasteiger partial charge in [-0.1, -0.05) is 30.0 Å². The fraction of sp³-hybridized carbons (Fsp3) is 0.167. The van der Waals surface area contributed by atoms with Crippen molar-refractivity contribution in [2.75, 3.05) is 11.1 Å². The zero-order valence-electron chi connectivity index (χ0n) is 14.9. The van der Waals surface area contributed by atoms with E-state index in [0.717, 1.165) is 29.3 Å².